The molecule has 1 aliphatic rings. The first-order valence-electron chi connectivity index (χ1n) is 12.4. The van der Waals surface area contributed by atoms with Crippen molar-refractivity contribution in [3.05, 3.63) is 88.6 Å². The fourth-order valence-electron chi connectivity index (χ4n) is 5.01. The zero-order chi connectivity index (χ0) is 26.8. The van der Waals surface area contributed by atoms with Crippen molar-refractivity contribution in [2.45, 2.75) is 19.4 Å². The third-order valence-electron chi connectivity index (χ3n) is 7.00. The van der Waals surface area contributed by atoms with Crippen molar-refractivity contribution in [3.8, 4) is 34.3 Å². The fraction of sp³-hybridized carbons (Fsp3) is 0.267. The molecular weight excluding hydrogens is 482 g/mol. The van der Waals surface area contributed by atoms with Gasteiger partial charge in [-0.05, 0) is 48.7 Å². The lowest BCUT2D eigenvalue weighted by atomic mass is 9.95. The van der Waals surface area contributed by atoms with E-state index >= 15 is 0 Å². The molecule has 1 atom stereocenters. The van der Waals surface area contributed by atoms with Gasteiger partial charge in [-0.1, -0.05) is 42.0 Å². The van der Waals surface area contributed by atoms with Crippen LogP contribution in [0.3, 0.4) is 0 Å². The van der Waals surface area contributed by atoms with Crippen molar-refractivity contribution in [1.29, 1.82) is 0 Å². The molecular formula is C30H31N3O5. The number of rotatable bonds is 9. The number of aromatic nitrogens is 2. The van der Waals surface area contributed by atoms with E-state index in [1.165, 1.54) is 0 Å². The Hall–Kier alpha value is -4.46. The first-order valence-corrected chi connectivity index (χ1v) is 12.4. The van der Waals surface area contributed by atoms with Crippen molar-refractivity contribution in [3.63, 3.8) is 0 Å². The molecule has 0 radical (unpaired) electrons. The molecule has 0 saturated heterocycles. The Balaban J connectivity index is 1.56. The number of aromatic amines is 1. The zero-order valence-corrected chi connectivity index (χ0v) is 22.2. The van der Waals surface area contributed by atoms with Gasteiger partial charge in [-0.15, -0.1) is 0 Å². The third kappa shape index (κ3) is 4.42. The number of carbonyl (C=O) groups is 1. The number of hydrogen-bond donors (Lipinski definition) is 1. The van der Waals surface area contributed by atoms with E-state index in [1.54, 1.807) is 28.4 Å². The minimum atomic E-state index is -0.354. The second-order valence-electron chi connectivity index (χ2n) is 9.18. The molecule has 1 unspecified atom stereocenters. The minimum absolute atomic E-state index is 0.0916. The molecule has 8 heteroatoms. The molecule has 1 aliphatic heterocycles. The van der Waals surface area contributed by atoms with E-state index in [-0.39, 0.29) is 11.9 Å². The van der Waals surface area contributed by atoms with Crippen LogP contribution in [0.2, 0.25) is 0 Å². The summed E-state index contributed by atoms with van der Waals surface area (Å²) >= 11 is 0. The van der Waals surface area contributed by atoms with Crippen LogP contribution in [0.5, 0.6) is 23.0 Å². The molecule has 196 valence electrons. The number of nitrogens with zero attached hydrogens (tertiary/aromatic N) is 2. The minimum Gasteiger partial charge on any atom is -0.493 e. The van der Waals surface area contributed by atoms with Crippen LogP contribution in [-0.2, 0) is 6.42 Å². The molecule has 5 rings (SSSR count). The van der Waals surface area contributed by atoms with Crippen molar-refractivity contribution in [1.82, 2.24) is 15.1 Å². The van der Waals surface area contributed by atoms with Crippen LogP contribution in [0.1, 0.15) is 38.8 Å². The van der Waals surface area contributed by atoms with Crippen LogP contribution in [0.4, 0.5) is 0 Å². The smallest absolute Gasteiger partial charge is 0.273 e. The van der Waals surface area contributed by atoms with Gasteiger partial charge in [0.2, 0.25) is 0 Å². The Morgan fingerprint density at radius 3 is 2.11 bits per heavy atom. The molecule has 0 bridgehead atoms. The summed E-state index contributed by atoms with van der Waals surface area (Å²) in [6.07, 6.45) is 0.632. The van der Waals surface area contributed by atoms with Gasteiger partial charge in [-0.2, -0.15) is 5.10 Å². The highest BCUT2D eigenvalue weighted by molar-refractivity contribution is 6.00. The van der Waals surface area contributed by atoms with E-state index in [2.05, 4.69) is 10.2 Å². The Morgan fingerprint density at radius 1 is 0.816 bits per heavy atom. The molecule has 4 aromatic rings. The van der Waals surface area contributed by atoms with Gasteiger partial charge in [0.25, 0.3) is 5.91 Å². The fourth-order valence-corrected chi connectivity index (χ4v) is 5.01. The highest BCUT2D eigenvalue weighted by Gasteiger charge is 2.42. The molecule has 1 amide bonds. The van der Waals surface area contributed by atoms with E-state index in [0.29, 0.717) is 41.7 Å². The van der Waals surface area contributed by atoms with Gasteiger partial charge in [0.15, 0.2) is 23.0 Å². The Labute approximate surface area is 222 Å². The zero-order valence-electron chi connectivity index (χ0n) is 22.2. The Bertz CT molecular complexity index is 1460. The van der Waals surface area contributed by atoms with Crippen molar-refractivity contribution in [2.75, 3.05) is 35.0 Å². The molecule has 8 nitrogen and oxygen atoms in total. The maximum Gasteiger partial charge on any atom is 0.273 e. The van der Waals surface area contributed by atoms with E-state index in [4.69, 9.17) is 18.9 Å². The average molecular weight is 514 g/mol. The van der Waals surface area contributed by atoms with Crippen LogP contribution < -0.4 is 18.9 Å². The van der Waals surface area contributed by atoms with E-state index in [9.17, 15) is 4.79 Å². The quantitative estimate of drug-likeness (QED) is 0.331. The first-order chi connectivity index (χ1) is 18.5. The first kappa shape index (κ1) is 25.2. The van der Waals surface area contributed by atoms with E-state index < -0.39 is 0 Å². The topological polar surface area (TPSA) is 85.9 Å². The van der Waals surface area contributed by atoms with Crippen LogP contribution in [0.15, 0.2) is 60.7 Å². The Morgan fingerprint density at radius 2 is 1.45 bits per heavy atom. The largest absolute Gasteiger partial charge is 0.493 e. The highest BCUT2D eigenvalue weighted by Crippen LogP contribution is 2.44. The molecule has 1 aromatic heterocycles. The number of hydrogen-bond acceptors (Lipinski definition) is 6. The molecule has 38 heavy (non-hydrogen) atoms. The van der Waals surface area contributed by atoms with E-state index in [0.717, 1.165) is 33.5 Å². The van der Waals surface area contributed by atoms with Crippen molar-refractivity contribution in [2.24, 2.45) is 0 Å². The molecule has 0 saturated carbocycles. The third-order valence-corrected chi connectivity index (χ3v) is 7.00. The monoisotopic (exact) mass is 513 g/mol. The maximum absolute atomic E-state index is 13.8. The standard InChI is InChI=1S/C30H31N3O5/c1-18-6-9-20(10-7-18)27-26-28(32-31-27)30(34)33(15-14-19-8-12-22(35-2)24(16-19)37-4)29(26)21-11-13-23(36-3)25(17-21)38-5/h6-13,16-17,29H,14-15H2,1-5H3,(H,31,32). The lowest BCUT2D eigenvalue weighted by Gasteiger charge is -2.27. The predicted molar refractivity (Wildman–Crippen MR) is 144 cm³/mol. The predicted octanol–water partition coefficient (Wildman–Crippen LogP) is 5.21. The summed E-state index contributed by atoms with van der Waals surface area (Å²) in [5.41, 5.74) is 6.19. The average Bonchev–Trinajstić information content (AvgIpc) is 3.50. The summed E-state index contributed by atoms with van der Waals surface area (Å²) in [4.78, 5) is 15.6. The lowest BCUT2D eigenvalue weighted by molar-refractivity contribution is 0.0745. The molecule has 0 aliphatic carbocycles. The number of carbonyl (C=O) groups excluding carboxylic acids is 1. The summed E-state index contributed by atoms with van der Waals surface area (Å²) in [6.45, 7) is 2.54. The molecule has 3 aromatic carbocycles. The second kappa shape index (κ2) is 10.5. The lowest BCUT2D eigenvalue weighted by Crippen LogP contribution is -2.31. The van der Waals surface area contributed by atoms with Crippen LogP contribution in [0.25, 0.3) is 11.3 Å². The SMILES string of the molecule is COc1ccc(CCN2C(=O)c3[nH]nc(-c4ccc(C)cc4)c3C2c2ccc(OC)c(OC)c2)cc1OC. The summed E-state index contributed by atoms with van der Waals surface area (Å²) in [5.74, 6) is 2.46. The number of aryl methyl sites for hydroxylation is 1. The summed E-state index contributed by atoms with van der Waals surface area (Å²) < 4.78 is 21.9. The molecule has 0 spiro atoms. The number of H-pyrrole nitrogens is 1. The normalized spacial score (nSPS) is 14.4. The van der Waals surface area contributed by atoms with Crippen LogP contribution in [0, 0.1) is 6.92 Å². The van der Waals surface area contributed by atoms with Gasteiger partial charge in [-0.25, -0.2) is 0 Å². The highest BCUT2D eigenvalue weighted by atomic mass is 16.5. The van der Waals surface area contributed by atoms with Gasteiger partial charge in [-0.3, -0.25) is 9.89 Å². The van der Waals surface area contributed by atoms with E-state index in [1.807, 2.05) is 72.5 Å². The number of ether oxygens (including phenoxy) is 4. The van der Waals surface area contributed by atoms with Gasteiger partial charge in [0.05, 0.1) is 40.2 Å². The number of nitrogens with one attached hydrogen (secondary N) is 1. The number of amides is 1. The number of fused-ring (bicyclic) bond motifs is 1. The summed E-state index contributed by atoms with van der Waals surface area (Å²) in [6, 6.07) is 19.4. The maximum atomic E-state index is 13.8. The van der Waals surface area contributed by atoms with Gasteiger partial charge >= 0.3 is 0 Å². The van der Waals surface area contributed by atoms with Gasteiger partial charge in [0.1, 0.15) is 5.69 Å². The van der Waals surface area contributed by atoms with Crippen LogP contribution in [-0.4, -0.2) is 56.0 Å². The second-order valence-corrected chi connectivity index (χ2v) is 9.18. The van der Waals surface area contributed by atoms with Crippen LogP contribution >= 0.6 is 0 Å². The molecule has 2 heterocycles. The molecule has 1 N–H and O–H groups in total. The number of methoxy groups -OCH3 is 4. The van der Waals surface area contributed by atoms with Crippen molar-refractivity contribution < 1.29 is 23.7 Å². The summed E-state index contributed by atoms with van der Waals surface area (Å²) in [7, 11) is 6.44. The Kier molecular flexibility index (Phi) is 6.96. The van der Waals surface area contributed by atoms with Gasteiger partial charge < -0.3 is 23.8 Å². The van der Waals surface area contributed by atoms with Gasteiger partial charge in [0, 0.05) is 17.7 Å². The van der Waals surface area contributed by atoms with Crippen molar-refractivity contribution >= 4 is 5.91 Å². The number of benzene rings is 3. The molecule has 0 fully saturated rings. The summed E-state index contributed by atoms with van der Waals surface area (Å²) in [5, 5.41) is 7.60.